The average Bonchev–Trinajstić information content (AvgIpc) is 2.82. The van der Waals surface area contributed by atoms with Crippen molar-refractivity contribution >= 4 is 18.6 Å². The summed E-state index contributed by atoms with van der Waals surface area (Å²) in [5.74, 6) is -0.792. The van der Waals surface area contributed by atoms with Gasteiger partial charge in [-0.2, -0.15) is 0 Å². The summed E-state index contributed by atoms with van der Waals surface area (Å²) in [7, 11) is 2.16. The standard InChI is InChI=1S/C21H34BNO7/c1-18(2,3)21(17(25)26,10-11-27-8)23-13-15(28-9)14(12-16(23)24)22-29-19(4,5)20(6,7)30-22/h12-13H,10-11H2,1-9H3,(H,25,26). The van der Waals surface area contributed by atoms with Crippen LogP contribution >= 0.6 is 0 Å². The fourth-order valence-electron chi connectivity index (χ4n) is 3.79. The molecule has 0 bridgehead atoms. The number of hydrogen-bond donors (Lipinski definition) is 1. The van der Waals surface area contributed by atoms with Gasteiger partial charge in [-0.15, -0.1) is 0 Å². The Kier molecular flexibility index (Phi) is 6.53. The fourth-order valence-corrected chi connectivity index (χ4v) is 3.79. The second kappa shape index (κ2) is 8.02. The summed E-state index contributed by atoms with van der Waals surface area (Å²) in [6.45, 7) is 13.2. The van der Waals surface area contributed by atoms with E-state index in [-0.39, 0.29) is 13.0 Å². The second-order valence-corrected chi connectivity index (χ2v) is 9.75. The van der Waals surface area contributed by atoms with Crippen LogP contribution in [-0.4, -0.2) is 54.8 Å². The summed E-state index contributed by atoms with van der Waals surface area (Å²) in [5, 5.41) is 10.2. The van der Waals surface area contributed by atoms with E-state index in [1.54, 1.807) is 20.8 Å². The van der Waals surface area contributed by atoms with Crippen LogP contribution in [0.2, 0.25) is 0 Å². The molecule has 0 saturated carbocycles. The molecule has 9 heteroatoms. The number of hydrogen-bond acceptors (Lipinski definition) is 6. The van der Waals surface area contributed by atoms with E-state index >= 15 is 0 Å². The van der Waals surface area contributed by atoms with Crippen molar-refractivity contribution in [3.05, 3.63) is 22.6 Å². The first-order valence-electron chi connectivity index (χ1n) is 10.0. The molecule has 1 unspecified atom stereocenters. The molecule has 0 amide bonds. The molecule has 2 heterocycles. The highest BCUT2D eigenvalue weighted by molar-refractivity contribution is 6.63. The predicted molar refractivity (Wildman–Crippen MR) is 115 cm³/mol. The highest BCUT2D eigenvalue weighted by Crippen LogP contribution is 2.41. The zero-order chi connectivity index (χ0) is 23.1. The van der Waals surface area contributed by atoms with Crippen molar-refractivity contribution < 1.29 is 28.7 Å². The summed E-state index contributed by atoms with van der Waals surface area (Å²) < 4.78 is 24.1. The lowest BCUT2D eigenvalue weighted by molar-refractivity contribution is -0.156. The third-order valence-electron chi connectivity index (χ3n) is 6.45. The van der Waals surface area contributed by atoms with Gasteiger partial charge in [-0.25, -0.2) is 4.79 Å². The van der Waals surface area contributed by atoms with E-state index < -0.39 is 40.8 Å². The number of carboxylic acids is 1. The third-order valence-corrected chi connectivity index (χ3v) is 6.45. The quantitative estimate of drug-likeness (QED) is 0.671. The number of ether oxygens (including phenoxy) is 2. The molecule has 0 spiro atoms. The lowest BCUT2D eigenvalue weighted by Crippen LogP contribution is -2.57. The largest absolute Gasteiger partial charge is 0.498 e. The van der Waals surface area contributed by atoms with Crippen LogP contribution < -0.4 is 15.8 Å². The van der Waals surface area contributed by atoms with Gasteiger partial charge in [0, 0.05) is 31.7 Å². The van der Waals surface area contributed by atoms with Crippen LogP contribution in [0.25, 0.3) is 0 Å². The van der Waals surface area contributed by atoms with Gasteiger partial charge in [0.1, 0.15) is 5.75 Å². The minimum Gasteiger partial charge on any atom is -0.496 e. The lowest BCUT2D eigenvalue weighted by Gasteiger charge is -2.42. The minimum absolute atomic E-state index is 0.112. The molecule has 1 aromatic rings. The van der Waals surface area contributed by atoms with Crippen molar-refractivity contribution in [3.63, 3.8) is 0 Å². The van der Waals surface area contributed by atoms with Gasteiger partial charge in [0.2, 0.25) is 0 Å². The molecule has 8 nitrogen and oxygen atoms in total. The first-order chi connectivity index (χ1) is 13.6. The maximum Gasteiger partial charge on any atom is 0.498 e. The molecule has 1 fully saturated rings. The van der Waals surface area contributed by atoms with Crippen molar-refractivity contribution in [3.8, 4) is 5.75 Å². The molecule has 1 aromatic heterocycles. The molecule has 0 aliphatic carbocycles. The Labute approximate surface area is 178 Å². The van der Waals surface area contributed by atoms with E-state index in [4.69, 9.17) is 18.8 Å². The topological polar surface area (TPSA) is 96.2 Å². The van der Waals surface area contributed by atoms with Crippen LogP contribution in [0.4, 0.5) is 0 Å². The van der Waals surface area contributed by atoms with Gasteiger partial charge in [0.15, 0.2) is 5.54 Å². The van der Waals surface area contributed by atoms with Crippen LogP contribution in [-0.2, 0) is 24.4 Å². The summed E-state index contributed by atoms with van der Waals surface area (Å²) >= 11 is 0. The SMILES string of the molecule is COCCC(C(=O)O)(n1cc(OC)c(B2OC(C)(C)C(C)(C)O2)cc1=O)C(C)(C)C. The van der Waals surface area contributed by atoms with Gasteiger partial charge in [0.05, 0.1) is 24.5 Å². The van der Waals surface area contributed by atoms with Gasteiger partial charge in [0.25, 0.3) is 5.56 Å². The average molecular weight is 423 g/mol. The molecule has 0 aromatic carbocycles. The van der Waals surface area contributed by atoms with Crippen molar-refractivity contribution in [2.45, 2.75) is 71.6 Å². The molecular weight excluding hydrogens is 389 g/mol. The number of carboxylic acid groups (broad SMARTS) is 1. The maximum atomic E-state index is 13.2. The number of rotatable bonds is 7. The minimum atomic E-state index is -1.54. The Bertz CT molecular complexity index is 840. The van der Waals surface area contributed by atoms with Crippen molar-refractivity contribution in [2.75, 3.05) is 20.8 Å². The zero-order valence-corrected chi connectivity index (χ0v) is 19.5. The van der Waals surface area contributed by atoms with Crippen LogP contribution in [0.15, 0.2) is 17.1 Å². The highest BCUT2D eigenvalue weighted by atomic mass is 16.7. The molecule has 1 aliphatic rings. The first-order valence-corrected chi connectivity index (χ1v) is 10.0. The first kappa shape index (κ1) is 24.4. The van der Waals surface area contributed by atoms with E-state index in [1.165, 1.54) is 31.0 Å². The molecule has 2 rings (SSSR count). The van der Waals surface area contributed by atoms with Crippen molar-refractivity contribution in [1.82, 2.24) is 4.57 Å². The predicted octanol–water partition coefficient (Wildman–Crippen LogP) is 2.02. The monoisotopic (exact) mass is 423 g/mol. The second-order valence-electron chi connectivity index (χ2n) is 9.75. The maximum absolute atomic E-state index is 13.2. The Morgan fingerprint density at radius 1 is 1.17 bits per heavy atom. The molecular formula is C21H34BNO7. The number of methoxy groups -OCH3 is 2. The molecule has 0 radical (unpaired) electrons. The fraction of sp³-hybridized carbons (Fsp3) is 0.714. The molecule has 1 aliphatic heterocycles. The van der Waals surface area contributed by atoms with E-state index in [2.05, 4.69) is 0 Å². The number of aliphatic carboxylic acids is 1. The molecule has 168 valence electrons. The number of pyridine rings is 1. The van der Waals surface area contributed by atoms with Crippen LogP contribution in [0.3, 0.4) is 0 Å². The normalized spacial score (nSPS) is 20.1. The van der Waals surface area contributed by atoms with Gasteiger partial charge < -0.3 is 23.9 Å². The van der Waals surface area contributed by atoms with Gasteiger partial charge in [-0.05, 0) is 33.1 Å². The van der Waals surface area contributed by atoms with E-state index in [0.717, 1.165) is 0 Å². The van der Waals surface area contributed by atoms with Crippen LogP contribution in [0, 0.1) is 5.41 Å². The number of nitrogens with zero attached hydrogens (tertiary/aromatic N) is 1. The Balaban J connectivity index is 2.69. The third kappa shape index (κ3) is 3.90. The van der Waals surface area contributed by atoms with Crippen LogP contribution in [0.1, 0.15) is 54.9 Å². The Morgan fingerprint density at radius 2 is 1.70 bits per heavy atom. The van der Waals surface area contributed by atoms with E-state index in [1.807, 2.05) is 27.7 Å². The van der Waals surface area contributed by atoms with E-state index in [9.17, 15) is 14.7 Å². The number of carbonyl (C=O) groups is 1. The van der Waals surface area contributed by atoms with Gasteiger partial charge >= 0.3 is 13.1 Å². The summed E-state index contributed by atoms with van der Waals surface area (Å²) in [5.41, 5.74) is -3.57. The zero-order valence-electron chi connectivity index (χ0n) is 19.5. The summed E-state index contributed by atoms with van der Waals surface area (Å²) in [4.78, 5) is 25.8. The molecule has 1 N–H and O–H groups in total. The molecule has 30 heavy (non-hydrogen) atoms. The van der Waals surface area contributed by atoms with Crippen molar-refractivity contribution in [1.29, 1.82) is 0 Å². The van der Waals surface area contributed by atoms with Gasteiger partial charge in [-0.3, -0.25) is 9.36 Å². The van der Waals surface area contributed by atoms with E-state index in [0.29, 0.717) is 11.2 Å². The van der Waals surface area contributed by atoms with Crippen molar-refractivity contribution in [2.24, 2.45) is 5.41 Å². The Morgan fingerprint density at radius 3 is 2.10 bits per heavy atom. The molecule has 1 atom stereocenters. The van der Waals surface area contributed by atoms with Crippen LogP contribution in [0.5, 0.6) is 5.75 Å². The lowest BCUT2D eigenvalue weighted by atomic mass is 9.70. The van der Waals surface area contributed by atoms with Gasteiger partial charge in [-0.1, -0.05) is 20.8 Å². The smallest absolute Gasteiger partial charge is 0.496 e. The molecule has 1 saturated heterocycles. The summed E-state index contributed by atoms with van der Waals surface area (Å²) in [6.07, 6.45) is 1.55. The summed E-state index contributed by atoms with van der Waals surface area (Å²) in [6, 6.07) is 1.34. The Hall–Kier alpha value is -1.84. The number of aromatic nitrogens is 1. The highest BCUT2D eigenvalue weighted by Gasteiger charge is 2.54.